The maximum absolute atomic E-state index is 5.91. The van der Waals surface area contributed by atoms with Crippen LogP contribution >= 0.6 is 0 Å². The molecule has 3 heterocycles. The lowest BCUT2D eigenvalue weighted by Crippen LogP contribution is -2.06. The summed E-state index contributed by atoms with van der Waals surface area (Å²) in [5.41, 5.74) is 9.45. The minimum absolute atomic E-state index is 0.278. The Bertz CT molecular complexity index is 790. The van der Waals surface area contributed by atoms with E-state index in [1.165, 1.54) is 0 Å². The number of nitrogen functional groups attached to an aromatic ring is 1. The van der Waals surface area contributed by atoms with Gasteiger partial charge in [0.15, 0.2) is 5.65 Å². The number of nitrogens with two attached hydrogens (primary N) is 1. The van der Waals surface area contributed by atoms with Gasteiger partial charge < -0.3 is 10.3 Å². The summed E-state index contributed by atoms with van der Waals surface area (Å²) in [6.45, 7) is 6.73. The second-order valence-electron chi connectivity index (χ2n) is 5.41. The lowest BCUT2D eigenvalue weighted by molar-refractivity contribution is 0.757. The number of anilines is 1. The van der Waals surface area contributed by atoms with Crippen molar-refractivity contribution in [2.24, 2.45) is 0 Å². The van der Waals surface area contributed by atoms with Crippen LogP contribution < -0.4 is 5.73 Å². The minimum Gasteiger partial charge on any atom is -0.383 e. The molecule has 3 aromatic heterocycles. The molecule has 0 unspecified atom stereocenters. The molecule has 0 atom stereocenters. The Morgan fingerprint density at radius 1 is 1.24 bits per heavy atom. The first-order valence-electron chi connectivity index (χ1n) is 6.95. The number of aryl methyl sites for hydroxylation is 1. The first kappa shape index (κ1) is 13.5. The quantitative estimate of drug-likeness (QED) is 0.797. The third kappa shape index (κ3) is 2.44. The van der Waals surface area contributed by atoms with Crippen molar-refractivity contribution in [1.29, 1.82) is 0 Å². The normalized spacial score (nSPS) is 11.4. The van der Waals surface area contributed by atoms with Crippen LogP contribution in [0.3, 0.4) is 0 Å². The van der Waals surface area contributed by atoms with E-state index < -0.39 is 0 Å². The van der Waals surface area contributed by atoms with Crippen molar-refractivity contribution >= 4 is 17.0 Å². The number of fused-ring (bicyclic) bond motifs is 1. The summed E-state index contributed by atoms with van der Waals surface area (Å²) in [6.07, 6.45) is 3.47. The van der Waals surface area contributed by atoms with Crippen molar-refractivity contribution in [3.8, 4) is 0 Å². The molecule has 108 valence electrons. The van der Waals surface area contributed by atoms with Crippen molar-refractivity contribution in [3.05, 3.63) is 41.7 Å². The van der Waals surface area contributed by atoms with Gasteiger partial charge in [-0.2, -0.15) is 0 Å². The van der Waals surface area contributed by atoms with Gasteiger partial charge in [-0.25, -0.2) is 19.9 Å². The summed E-state index contributed by atoms with van der Waals surface area (Å²) in [7, 11) is 0. The standard InChI is InChI=1S/C15H18N6/c1-9(2)14-19-10(3)12-15(20-14)21(8-18-12)7-11-5-4-6-17-13(11)16/h4-6,8-9H,7H2,1-3H3,(H2,16,17). The molecule has 6 nitrogen and oxygen atoms in total. The van der Waals surface area contributed by atoms with Crippen LogP contribution in [-0.4, -0.2) is 24.5 Å². The van der Waals surface area contributed by atoms with Crippen LogP contribution in [-0.2, 0) is 6.54 Å². The molecular formula is C15H18N6. The van der Waals surface area contributed by atoms with E-state index in [1.807, 2.05) is 23.6 Å². The van der Waals surface area contributed by atoms with Crippen LogP contribution in [0.2, 0.25) is 0 Å². The topological polar surface area (TPSA) is 82.5 Å². The van der Waals surface area contributed by atoms with E-state index in [1.54, 1.807) is 12.5 Å². The van der Waals surface area contributed by atoms with Crippen LogP contribution in [0.25, 0.3) is 11.2 Å². The number of imidazole rings is 1. The predicted molar refractivity (Wildman–Crippen MR) is 81.9 cm³/mol. The number of rotatable bonds is 3. The molecule has 2 N–H and O–H groups in total. The van der Waals surface area contributed by atoms with E-state index in [4.69, 9.17) is 5.73 Å². The Labute approximate surface area is 123 Å². The highest BCUT2D eigenvalue weighted by Crippen LogP contribution is 2.19. The first-order chi connectivity index (χ1) is 10.1. The van der Waals surface area contributed by atoms with Crippen molar-refractivity contribution in [3.63, 3.8) is 0 Å². The van der Waals surface area contributed by atoms with Crippen LogP contribution in [0, 0.1) is 6.92 Å². The number of pyridine rings is 1. The van der Waals surface area contributed by atoms with Crippen LogP contribution in [0.15, 0.2) is 24.7 Å². The van der Waals surface area contributed by atoms with E-state index in [9.17, 15) is 0 Å². The molecule has 0 fully saturated rings. The average molecular weight is 282 g/mol. The highest BCUT2D eigenvalue weighted by atomic mass is 15.1. The Kier molecular flexibility index (Phi) is 3.29. The van der Waals surface area contributed by atoms with E-state index in [0.717, 1.165) is 28.2 Å². The zero-order valence-corrected chi connectivity index (χ0v) is 12.4. The molecule has 0 aromatic carbocycles. The molecule has 6 heteroatoms. The second kappa shape index (κ2) is 5.12. The van der Waals surface area contributed by atoms with Crippen LogP contribution in [0.4, 0.5) is 5.82 Å². The molecule has 0 amide bonds. The molecule has 0 saturated heterocycles. The minimum atomic E-state index is 0.278. The fourth-order valence-electron chi connectivity index (χ4n) is 2.25. The summed E-state index contributed by atoms with van der Waals surface area (Å²) in [4.78, 5) is 17.7. The van der Waals surface area contributed by atoms with Crippen molar-refractivity contribution in [2.75, 3.05) is 5.73 Å². The smallest absolute Gasteiger partial charge is 0.164 e. The maximum atomic E-state index is 5.91. The molecule has 0 spiro atoms. The lowest BCUT2D eigenvalue weighted by atomic mass is 10.2. The monoisotopic (exact) mass is 282 g/mol. The molecule has 0 saturated carbocycles. The molecule has 3 aromatic rings. The summed E-state index contributed by atoms with van der Waals surface area (Å²) in [5.74, 6) is 1.65. The van der Waals surface area contributed by atoms with E-state index in [2.05, 4.69) is 33.8 Å². The van der Waals surface area contributed by atoms with Gasteiger partial charge in [0, 0.05) is 17.7 Å². The zero-order valence-electron chi connectivity index (χ0n) is 12.4. The Balaban J connectivity index is 2.09. The fraction of sp³-hybridized carbons (Fsp3) is 0.333. The van der Waals surface area contributed by atoms with Gasteiger partial charge in [0.25, 0.3) is 0 Å². The van der Waals surface area contributed by atoms with Crippen molar-refractivity contribution in [1.82, 2.24) is 24.5 Å². The number of nitrogens with zero attached hydrogens (tertiary/aromatic N) is 5. The van der Waals surface area contributed by atoms with Crippen LogP contribution in [0.5, 0.6) is 0 Å². The second-order valence-corrected chi connectivity index (χ2v) is 5.41. The number of aromatic nitrogens is 5. The van der Waals surface area contributed by atoms with E-state index >= 15 is 0 Å². The first-order valence-corrected chi connectivity index (χ1v) is 6.95. The lowest BCUT2D eigenvalue weighted by Gasteiger charge is -2.09. The van der Waals surface area contributed by atoms with Gasteiger partial charge >= 0.3 is 0 Å². The molecule has 0 bridgehead atoms. The molecule has 21 heavy (non-hydrogen) atoms. The molecule has 3 rings (SSSR count). The summed E-state index contributed by atoms with van der Waals surface area (Å²) in [6, 6.07) is 3.84. The fourth-order valence-corrected chi connectivity index (χ4v) is 2.25. The SMILES string of the molecule is Cc1nc(C(C)C)nc2c1ncn2Cc1cccnc1N. The molecule has 0 radical (unpaired) electrons. The van der Waals surface area contributed by atoms with Gasteiger partial charge in [-0.15, -0.1) is 0 Å². The number of hydrogen-bond donors (Lipinski definition) is 1. The van der Waals surface area contributed by atoms with Gasteiger partial charge in [0.05, 0.1) is 18.6 Å². The largest absolute Gasteiger partial charge is 0.383 e. The Hall–Kier alpha value is -2.50. The van der Waals surface area contributed by atoms with Crippen molar-refractivity contribution < 1.29 is 0 Å². The Morgan fingerprint density at radius 3 is 2.76 bits per heavy atom. The third-order valence-corrected chi connectivity index (χ3v) is 3.44. The molecule has 0 aliphatic heterocycles. The van der Waals surface area contributed by atoms with Gasteiger partial charge in [-0.1, -0.05) is 19.9 Å². The summed E-state index contributed by atoms with van der Waals surface area (Å²) >= 11 is 0. The van der Waals surface area contributed by atoms with Gasteiger partial charge in [-0.05, 0) is 13.0 Å². The summed E-state index contributed by atoms with van der Waals surface area (Å²) < 4.78 is 1.99. The van der Waals surface area contributed by atoms with Crippen molar-refractivity contribution in [2.45, 2.75) is 33.2 Å². The summed E-state index contributed by atoms with van der Waals surface area (Å²) in [5, 5.41) is 0. The highest BCUT2D eigenvalue weighted by Gasteiger charge is 2.13. The zero-order chi connectivity index (χ0) is 15.0. The van der Waals surface area contributed by atoms with E-state index in [0.29, 0.717) is 12.4 Å². The van der Waals surface area contributed by atoms with E-state index in [-0.39, 0.29) is 5.92 Å². The number of hydrogen-bond acceptors (Lipinski definition) is 5. The third-order valence-electron chi connectivity index (χ3n) is 3.44. The maximum Gasteiger partial charge on any atom is 0.164 e. The highest BCUT2D eigenvalue weighted by molar-refractivity contribution is 5.73. The van der Waals surface area contributed by atoms with Crippen LogP contribution in [0.1, 0.15) is 36.8 Å². The molecular weight excluding hydrogens is 264 g/mol. The predicted octanol–water partition coefficient (Wildman–Crippen LogP) is 2.28. The van der Waals surface area contributed by atoms with Gasteiger partial charge in [0.1, 0.15) is 17.2 Å². The molecule has 0 aliphatic rings. The Morgan fingerprint density at radius 2 is 2.05 bits per heavy atom. The van der Waals surface area contributed by atoms with Gasteiger partial charge in [0.2, 0.25) is 0 Å². The molecule has 0 aliphatic carbocycles. The average Bonchev–Trinajstić information content (AvgIpc) is 2.85. The van der Waals surface area contributed by atoms with Gasteiger partial charge in [-0.3, -0.25) is 0 Å².